The van der Waals surface area contributed by atoms with Gasteiger partial charge in [0.25, 0.3) is 0 Å². The minimum atomic E-state index is -0.499. The molecule has 5 nitrogen and oxygen atoms in total. The number of terminal acetylenes is 1. The van der Waals surface area contributed by atoms with Crippen molar-refractivity contribution in [3.05, 3.63) is 23.5 Å². The van der Waals surface area contributed by atoms with Crippen LogP contribution in [-0.2, 0) is 11.8 Å². The van der Waals surface area contributed by atoms with Gasteiger partial charge in [-0.1, -0.05) is 5.92 Å². The summed E-state index contributed by atoms with van der Waals surface area (Å²) >= 11 is 0. The molecule has 0 radical (unpaired) electrons. The number of carbonyl (C=O) groups excluding carboxylic acids is 1. The number of esters is 1. The van der Waals surface area contributed by atoms with Crippen LogP contribution in [0.3, 0.4) is 0 Å². The molecule has 0 aliphatic carbocycles. The lowest BCUT2D eigenvalue weighted by molar-refractivity contribution is 0.0595. The Labute approximate surface area is 92.0 Å². The number of nitrogens with zero attached hydrogens (tertiary/aromatic N) is 3. The molecule has 2 aromatic rings. The number of rotatable bonds is 1. The van der Waals surface area contributed by atoms with Crippen LogP contribution in [0.2, 0.25) is 0 Å². The van der Waals surface area contributed by atoms with Crippen LogP contribution in [0.5, 0.6) is 0 Å². The SMILES string of the molecule is C#Cc1cnc2c(c1)c(C(=O)OC)nn2C. The van der Waals surface area contributed by atoms with Crippen LogP contribution in [0, 0.1) is 12.3 Å². The van der Waals surface area contributed by atoms with E-state index in [1.165, 1.54) is 11.8 Å². The zero-order valence-corrected chi connectivity index (χ0v) is 8.89. The first-order valence-corrected chi connectivity index (χ1v) is 4.55. The normalized spacial score (nSPS) is 10.1. The molecule has 0 N–H and O–H groups in total. The lowest BCUT2D eigenvalue weighted by Gasteiger charge is -1.95. The predicted molar refractivity (Wildman–Crippen MR) is 57.8 cm³/mol. The number of carbonyl (C=O) groups is 1. The van der Waals surface area contributed by atoms with Gasteiger partial charge in [0.1, 0.15) is 0 Å². The molecule has 0 amide bonds. The van der Waals surface area contributed by atoms with Crippen LogP contribution < -0.4 is 0 Å². The van der Waals surface area contributed by atoms with Gasteiger partial charge in [-0.25, -0.2) is 14.5 Å². The minimum Gasteiger partial charge on any atom is -0.464 e. The van der Waals surface area contributed by atoms with E-state index in [1.54, 1.807) is 19.3 Å². The van der Waals surface area contributed by atoms with Crippen LogP contribution in [-0.4, -0.2) is 27.8 Å². The molecule has 2 rings (SSSR count). The van der Waals surface area contributed by atoms with Gasteiger partial charge in [-0.2, -0.15) is 5.10 Å². The highest BCUT2D eigenvalue weighted by atomic mass is 16.5. The summed E-state index contributed by atoms with van der Waals surface area (Å²) in [6, 6.07) is 1.70. The van der Waals surface area contributed by atoms with Gasteiger partial charge >= 0.3 is 5.97 Å². The second kappa shape index (κ2) is 3.66. The molecule has 5 heteroatoms. The van der Waals surface area contributed by atoms with Crippen molar-refractivity contribution in [3.8, 4) is 12.3 Å². The van der Waals surface area contributed by atoms with Crippen molar-refractivity contribution in [3.63, 3.8) is 0 Å². The van der Waals surface area contributed by atoms with Gasteiger partial charge < -0.3 is 4.74 Å². The minimum absolute atomic E-state index is 0.226. The van der Waals surface area contributed by atoms with E-state index in [1.807, 2.05) is 0 Å². The maximum absolute atomic E-state index is 11.5. The molecule has 0 bridgehead atoms. The van der Waals surface area contributed by atoms with Gasteiger partial charge in [0, 0.05) is 18.8 Å². The quantitative estimate of drug-likeness (QED) is 0.520. The molecule has 0 atom stereocenters. The van der Waals surface area contributed by atoms with E-state index in [2.05, 4.69) is 20.7 Å². The largest absolute Gasteiger partial charge is 0.464 e. The van der Waals surface area contributed by atoms with Crippen LogP contribution in [0.25, 0.3) is 11.0 Å². The Kier molecular flexibility index (Phi) is 2.33. The Morgan fingerprint density at radius 2 is 2.38 bits per heavy atom. The van der Waals surface area contributed by atoms with Gasteiger partial charge in [0.2, 0.25) is 0 Å². The summed E-state index contributed by atoms with van der Waals surface area (Å²) in [5.41, 5.74) is 1.43. The molecule has 0 saturated heterocycles. The fourth-order valence-corrected chi connectivity index (χ4v) is 1.47. The summed E-state index contributed by atoms with van der Waals surface area (Å²) in [4.78, 5) is 15.6. The van der Waals surface area contributed by atoms with E-state index in [-0.39, 0.29) is 5.69 Å². The van der Waals surface area contributed by atoms with Crippen molar-refractivity contribution in [1.82, 2.24) is 14.8 Å². The van der Waals surface area contributed by atoms with Crippen molar-refractivity contribution >= 4 is 17.0 Å². The molecule has 80 valence electrons. The Morgan fingerprint density at radius 3 is 3.00 bits per heavy atom. The molecule has 0 aliphatic rings. The highest BCUT2D eigenvalue weighted by Gasteiger charge is 2.17. The highest BCUT2D eigenvalue weighted by molar-refractivity contribution is 6.01. The average molecular weight is 215 g/mol. The van der Waals surface area contributed by atoms with Crippen LogP contribution in [0.4, 0.5) is 0 Å². The zero-order chi connectivity index (χ0) is 11.7. The van der Waals surface area contributed by atoms with Crippen molar-refractivity contribution in [2.75, 3.05) is 7.11 Å². The Balaban J connectivity index is 2.76. The molecular formula is C11H9N3O2. The Hall–Kier alpha value is -2.35. The number of fused-ring (bicyclic) bond motifs is 1. The summed E-state index contributed by atoms with van der Waals surface area (Å²) in [5.74, 6) is 1.96. The maximum atomic E-state index is 11.5. The number of methoxy groups -OCH3 is 1. The molecule has 2 heterocycles. The van der Waals surface area contributed by atoms with Gasteiger partial charge in [0.05, 0.1) is 12.5 Å². The smallest absolute Gasteiger partial charge is 0.359 e. The fourth-order valence-electron chi connectivity index (χ4n) is 1.47. The van der Waals surface area contributed by atoms with Gasteiger partial charge in [-0.05, 0) is 6.07 Å². The van der Waals surface area contributed by atoms with E-state index in [9.17, 15) is 4.79 Å². The highest BCUT2D eigenvalue weighted by Crippen LogP contribution is 2.17. The van der Waals surface area contributed by atoms with Gasteiger partial charge in [0.15, 0.2) is 11.3 Å². The monoisotopic (exact) mass is 215 g/mol. The molecule has 2 aromatic heterocycles. The Bertz CT molecular complexity index is 607. The average Bonchev–Trinajstić information content (AvgIpc) is 2.65. The standard InChI is InChI=1S/C11H9N3O2/c1-4-7-5-8-9(11(15)16-3)13-14(2)10(8)12-6-7/h1,5-6H,2-3H3. The number of hydrogen-bond donors (Lipinski definition) is 0. The van der Waals surface area contributed by atoms with Crippen molar-refractivity contribution in [2.24, 2.45) is 7.05 Å². The first-order valence-electron chi connectivity index (χ1n) is 4.55. The molecule has 0 saturated carbocycles. The van der Waals surface area contributed by atoms with Crippen LogP contribution in [0.15, 0.2) is 12.3 Å². The van der Waals surface area contributed by atoms with Gasteiger partial charge in [-0.3, -0.25) is 0 Å². The second-order valence-electron chi connectivity index (χ2n) is 3.20. The lowest BCUT2D eigenvalue weighted by atomic mass is 10.2. The second-order valence-corrected chi connectivity index (χ2v) is 3.20. The van der Waals surface area contributed by atoms with Crippen molar-refractivity contribution in [2.45, 2.75) is 0 Å². The zero-order valence-electron chi connectivity index (χ0n) is 8.89. The lowest BCUT2D eigenvalue weighted by Crippen LogP contribution is -2.03. The molecule has 0 aliphatic heterocycles. The molecular weight excluding hydrogens is 206 g/mol. The number of pyridine rings is 1. The molecule has 0 aromatic carbocycles. The summed E-state index contributed by atoms with van der Waals surface area (Å²) in [6.07, 6.45) is 6.83. The fraction of sp³-hybridized carbons (Fsp3) is 0.182. The summed E-state index contributed by atoms with van der Waals surface area (Å²) in [5, 5.41) is 4.65. The summed E-state index contributed by atoms with van der Waals surface area (Å²) in [6.45, 7) is 0. The van der Waals surface area contributed by atoms with Crippen LogP contribution >= 0.6 is 0 Å². The van der Waals surface area contributed by atoms with E-state index < -0.39 is 5.97 Å². The van der Waals surface area contributed by atoms with E-state index >= 15 is 0 Å². The van der Waals surface area contributed by atoms with E-state index in [0.717, 1.165) is 0 Å². The topological polar surface area (TPSA) is 57.0 Å². The van der Waals surface area contributed by atoms with Gasteiger partial charge in [-0.15, -0.1) is 6.42 Å². The number of hydrogen-bond acceptors (Lipinski definition) is 4. The summed E-state index contributed by atoms with van der Waals surface area (Å²) < 4.78 is 6.15. The molecule has 16 heavy (non-hydrogen) atoms. The predicted octanol–water partition coefficient (Wildman–Crippen LogP) is 0.736. The third-order valence-electron chi connectivity index (χ3n) is 2.22. The van der Waals surface area contributed by atoms with Crippen molar-refractivity contribution in [1.29, 1.82) is 0 Å². The molecule has 0 spiro atoms. The maximum Gasteiger partial charge on any atom is 0.359 e. The summed E-state index contributed by atoms with van der Waals surface area (Å²) in [7, 11) is 3.01. The van der Waals surface area contributed by atoms with E-state index in [4.69, 9.17) is 6.42 Å². The molecule has 0 unspecified atom stereocenters. The first kappa shape index (κ1) is 10.2. The molecule has 0 fully saturated rings. The van der Waals surface area contributed by atoms with Crippen molar-refractivity contribution < 1.29 is 9.53 Å². The Morgan fingerprint density at radius 1 is 1.62 bits per heavy atom. The van der Waals surface area contributed by atoms with Crippen LogP contribution in [0.1, 0.15) is 16.1 Å². The number of aromatic nitrogens is 3. The number of ether oxygens (including phenoxy) is 1. The number of aryl methyl sites for hydroxylation is 1. The first-order chi connectivity index (χ1) is 7.67. The third-order valence-corrected chi connectivity index (χ3v) is 2.22. The van der Waals surface area contributed by atoms with E-state index in [0.29, 0.717) is 16.6 Å². The third kappa shape index (κ3) is 1.41.